The molecule has 1 saturated heterocycles. The molecule has 1 aromatic carbocycles. The Labute approximate surface area is 196 Å². The van der Waals surface area contributed by atoms with Gasteiger partial charge >= 0.3 is 6.03 Å². The van der Waals surface area contributed by atoms with Crippen LogP contribution in [0.4, 0.5) is 16.3 Å². The molecule has 1 fully saturated rings. The van der Waals surface area contributed by atoms with Crippen LogP contribution in [0.5, 0.6) is 0 Å². The number of urea groups is 1. The lowest BCUT2D eigenvalue weighted by molar-refractivity contribution is 0.0982. The topological polar surface area (TPSA) is 82.6 Å². The number of nitrogens with zero attached hydrogens (tertiary/aromatic N) is 4. The van der Waals surface area contributed by atoms with Gasteiger partial charge in [-0.15, -0.1) is 0 Å². The highest BCUT2D eigenvalue weighted by molar-refractivity contribution is 5.89. The predicted octanol–water partition coefficient (Wildman–Crippen LogP) is 3.67. The van der Waals surface area contributed by atoms with E-state index in [0.717, 1.165) is 67.7 Å². The molecule has 0 bridgehead atoms. The minimum absolute atomic E-state index is 0.205. The summed E-state index contributed by atoms with van der Waals surface area (Å²) in [6.45, 7) is 13.4. The summed E-state index contributed by atoms with van der Waals surface area (Å²) in [6, 6.07) is 8.36. The van der Waals surface area contributed by atoms with Gasteiger partial charge in [0, 0.05) is 49.0 Å². The van der Waals surface area contributed by atoms with E-state index in [1.54, 1.807) is 0 Å². The zero-order valence-electron chi connectivity index (χ0n) is 20.2. The third-order valence-electron chi connectivity index (χ3n) is 6.66. The summed E-state index contributed by atoms with van der Waals surface area (Å²) in [7, 11) is 0. The van der Waals surface area contributed by atoms with Crippen molar-refractivity contribution >= 4 is 17.5 Å². The number of ether oxygens (including phenoxy) is 1. The number of carbonyl (C=O) groups excluding carboxylic acids is 1. The van der Waals surface area contributed by atoms with E-state index in [2.05, 4.69) is 41.2 Å². The van der Waals surface area contributed by atoms with E-state index in [4.69, 9.17) is 14.7 Å². The number of rotatable bonds is 6. The highest BCUT2D eigenvalue weighted by atomic mass is 16.5. The van der Waals surface area contributed by atoms with Gasteiger partial charge in [-0.2, -0.15) is 0 Å². The van der Waals surface area contributed by atoms with E-state index in [0.29, 0.717) is 19.2 Å². The van der Waals surface area contributed by atoms with Gasteiger partial charge in [-0.3, -0.25) is 4.90 Å². The number of nitrogens with one attached hydrogen (secondary N) is 2. The van der Waals surface area contributed by atoms with E-state index in [1.807, 2.05) is 31.2 Å². The molecule has 4 rings (SSSR count). The first-order valence-corrected chi connectivity index (χ1v) is 12.1. The van der Waals surface area contributed by atoms with Crippen LogP contribution >= 0.6 is 0 Å². The lowest BCUT2D eigenvalue weighted by Gasteiger charge is -2.38. The first-order valence-electron chi connectivity index (χ1n) is 12.1. The number of anilines is 2. The molecule has 2 aliphatic heterocycles. The van der Waals surface area contributed by atoms with Crippen molar-refractivity contribution in [1.82, 2.24) is 20.2 Å². The fraction of sp³-hybridized carbons (Fsp3) is 0.560. The molecule has 178 valence electrons. The maximum Gasteiger partial charge on any atom is 0.319 e. The fourth-order valence-corrected chi connectivity index (χ4v) is 4.51. The molecule has 8 heteroatoms. The van der Waals surface area contributed by atoms with E-state index in [1.165, 1.54) is 5.56 Å². The average Bonchev–Trinajstić information content (AvgIpc) is 2.83. The highest BCUT2D eigenvalue weighted by Gasteiger charge is 2.29. The summed E-state index contributed by atoms with van der Waals surface area (Å²) in [5.41, 5.74) is 4.10. The SMILES string of the molecule is CCNC(=O)Nc1ccc(-c2nc3c(c(N4CCOCC4C)n2)CCN(C(C)CC)C3)cc1. The smallest absolute Gasteiger partial charge is 0.319 e. The van der Waals surface area contributed by atoms with Crippen LogP contribution in [0.15, 0.2) is 24.3 Å². The van der Waals surface area contributed by atoms with Crippen molar-refractivity contribution in [3.8, 4) is 11.4 Å². The van der Waals surface area contributed by atoms with Crippen LogP contribution in [0, 0.1) is 0 Å². The number of benzene rings is 1. The molecule has 2 aromatic rings. The van der Waals surface area contributed by atoms with Crippen molar-refractivity contribution in [3.05, 3.63) is 35.5 Å². The number of fused-ring (bicyclic) bond motifs is 1. The molecule has 0 aliphatic carbocycles. The summed E-state index contributed by atoms with van der Waals surface area (Å²) in [4.78, 5) is 26.8. The average molecular weight is 453 g/mol. The lowest BCUT2D eigenvalue weighted by Crippen LogP contribution is -2.46. The highest BCUT2D eigenvalue weighted by Crippen LogP contribution is 2.32. The normalized spacial score (nSPS) is 19.6. The summed E-state index contributed by atoms with van der Waals surface area (Å²) in [6.07, 6.45) is 2.09. The van der Waals surface area contributed by atoms with Crippen molar-refractivity contribution in [3.63, 3.8) is 0 Å². The number of carbonyl (C=O) groups is 1. The van der Waals surface area contributed by atoms with E-state index in [-0.39, 0.29) is 12.1 Å². The molecule has 0 radical (unpaired) electrons. The first kappa shape index (κ1) is 23.4. The van der Waals surface area contributed by atoms with Crippen LogP contribution in [0.1, 0.15) is 45.4 Å². The summed E-state index contributed by atoms with van der Waals surface area (Å²) in [5.74, 6) is 1.79. The van der Waals surface area contributed by atoms with Crippen LogP contribution in [0.2, 0.25) is 0 Å². The van der Waals surface area contributed by atoms with Crippen molar-refractivity contribution in [2.45, 2.75) is 59.2 Å². The van der Waals surface area contributed by atoms with Gasteiger partial charge in [0.2, 0.25) is 0 Å². The van der Waals surface area contributed by atoms with Crippen LogP contribution < -0.4 is 15.5 Å². The Morgan fingerprint density at radius 1 is 1.21 bits per heavy atom. The minimum Gasteiger partial charge on any atom is -0.377 e. The van der Waals surface area contributed by atoms with Gasteiger partial charge in [0.05, 0.1) is 24.9 Å². The van der Waals surface area contributed by atoms with Crippen molar-refractivity contribution in [2.24, 2.45) is 0 Å². The Bertz CT molecular complexity index is 964. The largest absolute Gasteiger partial charge is 0.377 e. The number of morpholine rings is 1. The van der Waals surface area contributed by atoms with Gasteiger partial charge in [0.1, 0.15) is 5.82 Å². The second-order valence-electron chi connectivity index (χ2n) is 8.95. The number of aromatic nitrogens is 2. The van der Waals surface area contributed by atoms with E-state index in [9.17, 15) is 4.79 Å². The lowest BCUT2D eigenvalue weighted by atomic mass is 10.0. The van der Waals surface area contributed by atoms with Crippen molar-refractivity contribution in [2.75, 3.05) is 43.1 Å². The second-order valence-corrected chi connectivity index (χ2v) is 8.95. The Morgan fingerprint density at radius 2 is 2.00 bits per heavy atom. The molecule has 8 nitrogen and oxygen atoms in total. The number of hydrogen-bond acceptors (Lipinski definition) is 6. The quantitative estimate of drug-likeness (QED) is 0.696. The van der Waals surface area contributed by atoms with Crippen molar-refractivity contribution in [1.29, 1.82) is 0 Å². The Hall–Kier alpha value is -2.71. The molecule has 3 heterocycles. The standard InChI is InChI=1S/C25H36N6O2/c1-5-17(3)30-12-11-21-22(15-30)28-23(29-24(21)31-13-14-33-16-18(31)4)19-7-9-20(10-8-19)27-25(32)26-6-2/h7-10,17-18H,5-6,11-16H2,1-4H3,(H2,26,27,32). The van der Waals surface area contributed by atoms with Gasteiger partial charge in [-0.25, -0.2) is 14.8 Å². The zero-order valence-corrected chi connectivity index (χ0v) is 20.2. The molecule has 0 spiro atoms. The minimum atomic E-state index is -0.205. The summed E-state index contributed by atoms with van der Waals surface area (Å²) < 4.78 is 5.68. The van der Waals surface area contributed by atoms with E-state index < -0.39 is 0 Å². The molecule has 2 amide bonds. The van der Waals surface area contributed by atoms with Crippen molar-refractivity contribution < 1.29 is 9.53 Å². The molecular formula is C25H36N6O2. The molecule has 2 atom stereocenters. The Balaban J connectivity index is 1.68. The molecule has 2 unspecified atom stereocenters. The fourth-order valence-electron chi connectivity index (χ4n) is 4.51. The molecular weight excluding hydrogens is 416 g/mol. The zero-order chi connectivity index (χ0) is 23.4. The Morgan fingerprint density at radius 3 is 2.70 bits per heavy atom. The van der Waals surface area contributed by atoms with Gasteiger partial charge in [-0.1, -0.05) is 6.92 Å². The summed E-state index contributed by atoms with van der Waals surface area (Å²) >= 11 is 0. The summed E-state index contributed by atoms with van der Waals surface area (Å²) in [5, 5.41) is 5.59. The Kier molecular flexibility index (Phi) is 7.45. The molecule has 2 N–H and O–H groups in total. The first-order chi connectivity index (χ1) is 16.0. The van der Waals surface area contributed by atoms with Crippen LogP contribution in [-0.2, 0) is 17.7 Å². The monoisotopic (exact) mass is 452 g/mol. The predicted molar refractivity (Wildman–Crippen MR) is 132 cm³/mol. The number of amides is 2. The van der Waals surface area contributed by atoms with Gasteiger partial charge < -0.3 is 20.3 Å². The molecule has 33 heavy (non-hydrogen) atoms. The maximum absolute atomic E-state index is 11.8. The second kappa shape index (κ2) is 10.5. The van der Waals surface area contributed by atoms with E-state index >= 15 is 0 Å². The van der Waals surface area contributed by atoms with Crippen LogP contribution in [0.3, 0.4) is 0 Å². The third-order valence-corrected chi connectivity index (χ3v) is 6.66. The molecule has 0 saturated carbocycles. The maximum atomic E-state index is 11.8. The van der Waals surface area contributed by atoms with Crippen LogP contribution in [-0.4, -0.2) is 65.8 Å². The van der Waals surface area contributed by atoms with Gasteiger partial charge in [0.25, 0.3) is 0 Å². The third kappa shape index (κ3) is 5.28. The number of hydrogen-bond donors (Lipinski definition) is 2. The van der Waals surface area contributed by atoms with Crippen LogP contribution in [0.25, 0.3) is 11.4 Å². The molecule has 2 aliphatic rings. The van der Waals surface area contributed by atoms with Gasteiger partial charge in [0.15, 0.2) is 5.82 Å². The molecule has 1 aromatic heterocycles. The van der Waals surface area contributed by atoms with Gasteiger partial charge in [-0.05, 0) is 57.9 Å².